The summed E-state index contributed by atoms with van der Waals surface area (Å²) in [5.41, 5.74) is 6.41. The minimum atomic E-state index is -0.801. The molecule has 1 aliphatic heterocycles. The molecule has 1 heterocycles. The van der Waals surface area contributed by atoms with Crippen molar-refractivity contribution in [2.75, 3.05) is 12.8 Å². The van der Waals surface area contributed by atoms with Crippen molar-refractivity contribution in [1.29, 1.82) is 0 Å². The topological polar surface area (TPSA) is 92.5 Å². The number of likely N-dealkylation sites (N-methyl/N-ethyl adjacent to an activating group) is 1. The van der Waals surface area contributed by atoms with Gasteiger partial charge in [0.1, 0.15) is 6.04 Å². The number of amides is 3. The predicted molar refractivity (Wildman–Crippen MR) is 72.2 cm³/mol. The van der Waals surface area contributed by atoms with E-state index in [1.807, 2.05) is 0 Å². The van der Waals surface area contributed by atoms with Crippen molar-refractivity contribution in [2.45, 2.75) is 12.5 Å². The van der Waals surface area contributed by atoms with Crippen LogP contribution in [0.15, 0.2) is 22.7 Å². The van der Waals surface area contributed by atoms with Crippen molar-refractivity contribution in [3.63, 3.8) is 0 Å². The van der Waals surface area contributed by atoms with Gasteiger partial charge >= 0.3 is 0 Å². The molecule has 1 atom stereocenters. The Bertz CT molecular complexity index is 553. The van der Waals surface area contributed by atoms with Crippen LogP contribution in [0.1, 0.15) is 16.8 Å². The molecule has 0 aliphatic carbocycles. The fourth-order valence-corrected chi connectivity index (χ4v) is 2.36. The third kappa shape index (κ3) is 2.76. The largest absolute Gasteiger partial charge is 0.399 e. The second kappa shape index (κ2) is 5.00. The number of hydrogen-bond acceptors (Lipinski definition) is 4. The van der Waals surface area contributed by atoms with Crippen LogP contribution in [0.3, 0.4) is 0 Å². The highest BCUT2D eigenvalue weighted by Gasteiger charge is 2.37. The molecule has 0 spiro atoms. The van der Waals surface area contributed by atoms with Gasteiger partial charge in [0.2, 0.25) is 5.91 Å². The smallest absolute Gasteiger partial charge is 0.252 e. The highest BCUT2D eigenvalue weighted by atomic mass is 79.9. The Morgan fingerprint density at radius 1 is 1.42 bits per heavy atom. The van der Waals surface area contributed by atoms with Gasteiger partial charge in [-0.1, -0.05) is 15.9 Å². The first kappa shape index (κ1) is 13.5. The van der Waals surface area contributed by atoms with Crippen molar-refractivity contribution in [3.8, 4) is 0 Å². The molecular formula is C12H12BrN3O3. The van der Waals surface area contributed by atoms with Gasteiger partial charge in [0, 0.05) is 22.8 Å². The molecular weight excluding hydrogens is 314 g/mol. The summed E-state index contributed by atoms with van der Waals surface area (Å²) >= 11 is 3.24. The molecule has 1 unspecified atom stereocenters. The SMILES string of the molecule is CN1C(=O)CC(NC(=O)c2cc(N)cc(Br)c2)C1=O. The lowest BCUT2D eigenvalue weighted by Gasteiger charge is -2.11. The van der Waals surface area contributed by atoms with Gasteiger partial charge in [-0.05, 0) is 18.2 Å². The van der Waals surface area contributed by atoms with Gasteiger partial charge in [-0.3, -0.25) is 19.3 Å². The van der Waals surface area contributed by atoms with Crippen LogP contribution in [-0.4, -0.2) is 35.7 Å². The number of likely N-dealkylation sites (tertiary alicyclic amines) is 1. The van der Waals surface area contributed by atoms with Gasteiger partial charge in [-0.25, -0.2) is 0 Å². The van der Waals surface area contributed by atoms with E-state index in [0.717, 1.165) is 4.90 Å². The van der Waals surface area contributed by atoms with E-state index in [2.05, 4.69) is 21.2 Å². The number of carbonyl (C=O) groups excluding carboxylic acids is 3. The number of halogens is 1. The monoisotopic (exact) mass is 325 g/mol. The highest BCUT2D eigenvalue weighted by Crippen LogP contribution is 2.18. The third-order valence-electron chi connectivity index (χ3n) is 2.87. The van der Waals surface area contributed by atoms with Crippen LogP contribution in [0.2, 0.25) is 0 Å². The van der Waals surface area contributed by atoms with Crippen LogP contribution in [0.5, 0.6) is 0 Å². The Morgan fingerprint density at radius 3 is 2.63 bits per heavy atom. The quantitative estimate of drug-likeness (QED) is 0.612. The molecule has 100 valence electrons. The van der Waals surface area contributed by atoms with Gasteiger partial charge < -0.3 is 11.1 Å². The van der Waals surface area contributed by atoms with Gasteiger partial charge in [-0.2, -0.15) is 0 Å². The Kier molecular flexibility index (Phi) is 3.57. The maximum absolute atomic E-state index is 12.0. The van der Waals surface area contributed by atoms with E-state index < -0.39 is 17.9 Å². The number of benzene rings is 1. The van der Waals surface area contributed by atoms with Crippen LogP contribution >= 0.6 is 15.9 Å². The van der Waals surface area contributed by atoms with Crippen LogP contribution in [0.25, 0.3) is 0 Å². The maximum atomic E-state index is 12.0. The van der Waals surface area contributed by atoms with E-state index in [1.165, 1.54) is 13.1 Å². The standard InChI is InChI=1S/C12H12BrN3O3/c1-16-10(17)5-9(12(16)19)15-11(18)6-2-7(13)4-8(14)3-6/h2-4,9H,5,14H2,1H3,(H,15,18). The summed E-state index contributed by atoms with van der Waals surface area (Å²) in [6, 6.07) is 3.96. The van der Waals surface area contributed by atoms with E-state index in [4.69, 9.17) is 5.73 Å². The average molecular weight is 326 g/mol. The van der Waals surface area contributed by atoms with Gasteiger partial charge in [0.25, 0.3) is 11.8 Å². The van der Waals surface area contributed by atoms with E-state index in [1.54, 1.807) is 12.1 Å². The molecule has 0 radical (unpaired) electrons. The summed E-state index contributed by atoms with van der Waals surface area (Å²) in [7, 11) is 1.40. The lowest BCUT2D eigenvalue weighted by molar-refractivity contribution is -0.137. The van der Waals surface area contributed by atoms with Gasteiger partial charge in [0.15, 0.2) is 0 Å². The number of hydrogen-bond donors (Lipinski definition) is 2. The van der Waals surface area contributed by atoms with Gasteiger partial charge in [-0.15, -0.1) is 0 Å². The number of rotatable bonds is 2. The molecule has 7 heteroatoms. The zero-order valence-corrected chi connectivity index (χ0v) is 11.7. The molecule has 1 fully saturated rings. The molecule has 19 heavy (non-hydrogen) atoms. The average Bonchev–Trinajstić information content (AvgIpc) is 2.56. The summed E-state index contributed by atoms with van der Waals surface area (Å²) in [4.78, 5) is 36.0. The molecule has 3 N–H and O–H groups in total. The molecule has 1 saturated heterocycles. The zero-order chi connectivity index (χ0) is 14.2. The number of anilines is 1. The Hall–Kier alpha value is -1.89. The van der Waals surface area contributed by atoms with E-state index >= 15 is 0 Å². The van der Waals surface area contributed by atoms with Crippen LogP contribution in [0.4, 0.5) is 5.69 Å². The second-order valence-electron chi connectivity index (χ2n) is 4.29. The molecule has 1 aromatic carbocycles. The van der Waals surface area contributed by atoms with E-state index in [0.29, 0.717) is 15.7 Å². The molecule has 1 aromatic rings. The fraction of sp³-hybridized carbons (Fsp3) is 0.250. The lowest BCUT2D eigenvalue weighted by Crippen LogP contribution is -2.40. The van der Waals surface area contributed by atoms with Crippen molar-refractivity contribution in [1.82, 2.24) is 10.2 Å². The number of carbonyl (C=O) groups is 3. The molecule has 6 nitrogen and oxygen atoms in total. The first-order chi connectivity index (χ1) is 8.88. The van der Waals surface area contributed by atoms with E-state index in [9.17, 15) is 14.4 Å². The number of nitrogen functional groups attached to an aromatic ring is 1. The predicted octanol–water partition coefficient (Wildman–Crippen LogP) is 0.518. The molecule has 0 bridgehead atoms. The van der Waals surface area contributed by atoms with Gasteiger partial charge in [0.05, 0.1) is 6.42 Å². The fourth-order valence-electron chi connectivity index (χ4n) is 1.85. The van der Waals surface area contributed by atoms with Crippen molar-refractivity contribution in [3.05, 3.63) is 28.2 Å². The molecule has 1 aliphatic rings. The highest BCUT2D eigenvalue weighted by molar-refractivity contribution is 9.10. The second-order valence-corrected chi connectivity index (χ2v) is 5.21. The Balaban J connectivity index is 2.14. The molecule has 3 amide bonds. The minimum Gasteiger partial charge on any atom is -0.399 e. The van der Waals surface area contributed by atoms with E-state index in [-0.39, 0.29) is 12.3 Å². The summed E-state index contributed by atoms with van der Waals surface area (Å²) < 4.78 is 0.670. The molecule has 0 saturated carbocycles. The van der Waals surface area contributed by atoms with Crippen molar-refractivity contribution in [2.24, 2.45) is 0 Å². The number of nitrogens with two attached hydrogens (primary N) is 1. The summed E-state index contributed by atoms with van der Waals surface area (Å²) in [6.07, 6.45) is -0.00937. The van der Waals surface area contributed by atoms with Crippen LogP contribution in [0, 0.1) is 0 Å². The molecule has 2 rings (SSSR count). The first-order valence-corrected chi connectivity index (χ1v) is 6.35. The lowest BCUT2D eigenvalue weighted by atomic mass is 10.1. The molecule has 0 aromatic heterocycles. The summed E-state index contributed by atoms with van der Waals surface area (Å²) in [5, 5.41) is 2.53. The van der Waals surface area contributed by atoms with Crippen LogP contribution in [-0.2, 0) is 9.59 Å². The Morgan fingerprint density at radius 2 is 2.11 bits per heavy atom. The third-order valence-corrected chi connectivity index (χ3v) is 3.33. The number of nitrogens with one attached hydrogen (secondary N) is 1. The first-order valence-electron chi connectivity index (χ1n) is 5.56. The van der Waals surface area contributed by atoms with Crippen LogP contribution < -0.4 is 11.1 Å². The Labute approximate surface area is 118 Å². The van der Waals surface area contributed by atoms with Crippen molar-refractivity contribution >= 4 is 39.3 Å². The summed E-state index contributed by atoms with van der Waals surface area (Å²) in [5.74, 6) is -1.14. The van der Waals surface area contributed by atoms with Crippen molar-refractivity contribution < 1.29 is 14.4 Å². The normalized spacial score (nSPS) is 18.8. The summed E-state index contributed by atoms with van der Waals surface area (Å²) in [6.45, 7) is 0. The minimum absolute atomic E-state index is 0.00937. The number of imide groups is 1. The zero-order valence-electron chi connectivity index (χ0n) is 10.1. The maximum Gasteiger partial charge on any atom is 0.252 e. The number of nitrogens with zero attached hydrogens (tertiary/aromatic N) is 1.